The van der Waals surface area contributed by atoms with Crippen LogP contribution in [0, 0.1) is 0 Å². The van der Waals surface area contributed by atoms with E-state index in [-0.39, 0.29) is 11.9 Å². The largest absolute Gasteiger partial charge is 0.376 e. The van der Waals surface area contributed by atoms with Gasteiger partial charge in [-0.3, -0.25) is 4.79 Å². The molecule has 1 aliphatic rings. The monoisotopic (exact) mass is 353 g/mol. The molecule has 0 aromatic carbocycles. The van der Waals surface area contributed by atoms with Crippen LogP contribution in [0.2, 0.25) is 0 Å². The molecule has 0 saturated carbocycles. The van der Waals surface area contributed by atoms with Crippen molar-refractivity contribution in [2.24, 2.45) is 5.73 Å². The van der Waals surface area contributed by atoms with Crippen LogP contribution in [0.5, 0.6) is 0 Å². The Balaban J connectivity index is 1.70. The molecule has 0 spiro atoms. The van der Waals surface area contributed by atoms with Gasteiger partial charge in [0.25, 0.3) is 11.7 Å². The molecule has 0 unspecified atom stereocenters. The molecule has 3 rings (SSSR count). The summed E-state index contributed by atoms with van der Waals surface area (Å²) < 4.78 is 12.8. The highest BCUT2D eigenvalue weighted by Crippen LogP contribution is 2.23. The molecule has 1 saturated heterocycles. The van der Waals surface area contributed by atoms with Crippen molar-refractivity contribution in [2.45, 2.75) is 42.9 Å². The van der Waals surface area contributed by atoms with Gasteiger partial charge in [-0.1, -0.05) is 16.9 Å². The van der Waals surface area contributed by atoms with E-state index in [0.29, 0.717) is 24.7 Å². The van der Waals surface area contributed by atoms with E-state index in [4.69, 9.17) is 15.0 Å². The Morgan fingerprint density at radius 1 is 1.50 bits per heavy atom. The Morgan fingerprint density at radius 2 is 2.38 bits per heavy atom. The van der Waals surface area contributed by atoms with Crippen LogP contribution in [0.4, 0.5) is 0 Å². The Bertz CT molecular complexity index is 696. The van der Waals surface area contributed by atoms with Crippen LogP contribution in [0.3, 0.4) is 0 Å². The number of hydrogen-bond donors (Lipinski definition) is 2. The number of nitrogens with zero attached hydrogens (tertiary/aromatic N) is 5. The summed E-state index contributed by atoms with van der Waals surface area (Å²) in [5.74, 6) is 0.702. The molecule has 130 valence electrons. The lowest BCUT2D eigenvalue weighted by atomic mass is 10.2. The van der Waals surface area contributed by atoms with Gasteiger partial charge >= 0.3 is 0 Å². The lowest BCUT2D eigenvalue weighted by Gasteiger charge is -2.14. The Kier molecular flexibility index (Phi) is 5.43. The minimum Gasteiger partial charge on any atom is -0.376 e. The maximum absolute atomic E-state index is 11.0. The van der Waals surface area contributed by atoms with Gasteiger partial charge in [0.05, 0.1) is 24.9 Å². The third-order valence-electron chi connectivity index (χ3n) is 3.55. The van der Waals surface area contributed by atoms with E-state index in [0.717, 1.165) is 30.4 Å². The minimum atomic E-state index is -0.715. The standard InChI is InChI=1S/C13H19N7O3S/c1-15-5-9-17-18-13(20(9)6-8-3-2-4-22-8)24-7-10-16-12(11(14)21)19-23-10/h8,15H,2-7H2,1H3,(H2,14,21)/t8-/m0/s1. The van der Waals surface area contributed by atoms with Crippen molar-refractivity contribution >= 4 is 17.7 Å². The summed E-state index contributed by atoms with van der Waals surface area (Å²) >= 11 is 1.41. The summed E-state index contributed by atoms with van der Waals surface area (Å²) in [6, 6.07) is 0. The normalized spacial score (nSPS) is 17.5. The first-order valence-corrected chi connectivity index (χ1v) is 8.59. The third kappa shape index (κ3) is 3.91. The highest BCUT2D eigenvalue weighted by atomic mass is 32.2. The van der Waals surface area contributed by atoms with E-state index < -0.39 is 5.91 Å². The zero-order valence-corrected chi connectivity index (χ0v) is 14.1. The van der Waals surface area contributed by atoms with Crippen LogP contribution < -0.4 is 11.1 Å². The first kappa shape index (κ1) is 16.9. The number of nitrogens with one attached hydrogen (secondary N) is 1. The van der Waals surface area contributed by atoms with E-state index in [2.05, 4.69) is 25.7 Å². The summed E-state index contributed by atoms with van der Waals surface area (Å²) in [4.78, 5) is 14.9. The maximum Gasteiger partial charge on any atom is 0.290 e. The molecule has 2 aromatic rings. The van der Waals surface area contributed by atoms with E-state index >= 15 is 0 Å². The average molecular weight is 353 g/mol. The molecular formula is C13H19N7O3S. The van der Waals surface area contributed by atoms with Crippen molar-refractivity contribution < 1.29 is 14.1 Å². The average Bonchev–Trinajstić information content (AvgIpc) is 3.29. The molecule has 3 heterocycles. The summed E-state index contributed by atoms with van der Waals surface area (Å²) in [7, 11) is 1.86. The topological polar surface area (TPSA) is 134 Å². The molecule has 10 nitrogen and oxygen atoms in total. The number of carbonyl (C=O) groups excluding carboxylic acids is 1. The molecule has 2 aromatic heterocycles. The molecule has 3 N–H and O–H groups in total. The summed E-state index contributed by atoms with van der Waals surface area (Å²) in [5, 5.41) is 15.8. The van der Waals surface area contributed by atoms with Crippen molar-refractivity contribution in [1.29, 1.82) is 0 Å². The van der Waals surface area contributed by atoms with E-state index in [1.807, 2.05) is 11.6 Å². The molecule has 1 amide bonds. The number of thioether (sulfide) groups is 1. The first-order valence-electron chi connectivity index (χ1n) is 7.61. The number of ether oxygens (including phenoxy) is 1. The van der Waals surface area contributed by atoms with Gasteiger partial charge in [0.1, 0.15) is 5.82 Å². The molecule has 1 atom stereocenters. The van der Waals surface area contributed by atoms with Gasteiger partial charge in [0.2, 0.25) is 5.89 Å². The molecule has 11 heteroatoms. The van der Waals surface area contributed by atoms with Gasteiger partial charge in [-0.2, -0.15) is 4.98 Å². The zero-order valence-electron chi connectivity index (χ0n) is 13.3. The number of primary amides is 1. The zero-order chi connectivity index (χ0) is 16.9. The second kappa shape index (κ2) is 7.73. The quantitative estimate of drug-likeness (QED) is 0.626. The lowest BCUT2D eigenvalue weighted by Crippen LogP contribution is -2.20. The second-order valence-corrected chi connectivity index (χ2v) is 6.28. The first-order chi connectivity index (χ1) is 11.7. The van der Waals surface area contributed by atoms with Gasteiger partial charge in [0.15, 0.2) is 5.16 Å². The summed E-state index contributed by atoms with van der Waals surface area (Å²) in [5.41, 5.74) is 5.11. The van der Waals surface area contributed by atoms with Crippen molar-refractivity contribution in [2.75, 3.05) is 13.7 Å². The van der Waals surface area contributed by atoms with Crippen molar-refractivity contribution in [3.63, 3.8) is 0 Å². The highest BCUT2D eigenvalue weighted by Gasteiger charge is 2.21. The third-order valence-corrected chi connectivity index (χ3v) is 4.50. The van der Waals surface area contributed by atoms with Crippen LogP contribution in [-0.2, 0) is 23.6 Å². The van der Waals surface area contributed by atoms with Crippen LogP contribution in [0.1, 0.15) is 35.2 Å². The molecule has 24 heavy (non-hydrogen) atoms. The fourth-order valence-corrected chi connectivity index (χ4v) is 3.23. The van der Waals surface area contributed by atoms with Crippen LogP contribution in [0.15, 0.2) is 9.68 Å². The van der Waals surface area contributed by atoms with E-state index in [1.54, 1.807) is 0 Å². The predicted molar refractivity (Wildman–Crippen MR) is 84.1 cm³/mol. The van der Waals surface area contributed by atoms with E-state index in [9.17, 15) is 4.79 Å². The predicted octanol–water partition coefficient (Wildman–Crippen LogP) is -0.0493. The van der Waals surface area contributed by atoms with Crippen LogP contribution in [-0.4, -0.2) is 50.6 Å². The number of carbonyl (C=O) groups is 1. The fraction of sp³-hybridized carbons (Fsp3) is 0.615. The second-order valence-electron chi connectivity index (χ2n) is 5.34. The Morgan fingerprint density at radius 3 is 3.04 bits per heavy atom. The molecular weight excluding hydrogens is 334 g/mol. The lowest BCUT2D eigenvalue weighted by molar-refractivity contribution is 0.0941. The SMILES string of the molecule is CNCc1nnc(SCc2nc(C(N)=O)no2)n1C[C@@H]1CCCO1. The molecule has 0 radical (unpaired) electrons. The van der Waals surface area contributed by atoms with Gasteiger partial charge in [-0.05, 0) is 19.9 Å². The van der Waals surface area contributed by atoms with Crippen molar-refractivity contribution in [1.82, 2.24) is 30.2 Å². The maximum atomic E-state index is 11.0. The summed E-state index contributed by atoms with van der Waals surface area (Å²) in [6.07, 6.45) is 2.29. The van der Waals surface area contributed by atoms with Gasteiger partial charge in [-0.25, -0.2) is 0 Å². The van der Waals surface area contributed by atoms with Crippen molar-refractivity contribution in [3.8, 4) is 0 Å². The van der Waals surface area contributed by atoms with Crippen molar-refractivity contribution in [3.05, 3.63) is 17.5 Å². The van der Waals surface area contributed by atoms with Gasteiger partial charge in [0, 0.05) is 6.61 Å². The molecule has 0 bridgehead atoms. The Labute approximate surface area is 142 Å². The van der Waals surface area contributed by atoms with Gasteiger partial charge in [-0.15, -0.1) is 10.2 Å². The smallest absolute Gasteiger partial charge is 0.290 e. The number of amides is 1. The van der Waals surface area contributed by atoms with Crippen LogP contribution >= 0.6 is 11.8 Å². The van der Waals surface area contributed by atoms with E-state index in [1.165, 1.54) is 11.8 Å². The highest BCUT2D eigenvalue weighted by molar-refractivity contribution is 7.98. The number of aromatic nitrogens is 5. The molecule has 1 aliphatic heterocycles. The molecule has 0 aliphatic carbocycles. The number of nitrogens with two attached hydrogens (primary N) is 1. The van der Waals surface area contributed by atoms with Gasteiger partial charge < -0.3 is 24.9 Å². The minimum absolute atomic E-state index is 0.123. The fourth-order valence-electron chi connectivity index (χ4n) is 2.43. The molecule has 1 fully saturated rings. The summed E-state index contributed by atoms with van der Waals surface area (Å²) in [6.45, 7) is 2.13. The Hall–Kier alpha value is -1.98. The number of rotatable bonds is 8. The van der Waals surface area contributed by atoms with Crippen LogP contribution in [0.25, 0.3) is 0 Å². The number of hydrogen-bond acceptors (Lipinski definition) is 9.